The van der Waals surface area contributed by atoms with E-state index in [2.05, 4.69) is 5.32 Å². The fourth-order valence-corrected chi connectivity index (χ4v) is 1.70. The maximum absolute atomic E-state index is 10.7. The number of benzene rings is 1. The third-order valence-electron chi connectivity index (χ3n) is 2.37. The summed E-state index contributed by atoms with van der Waals surface area (Å²) in [6.45, 7) is 0.675. The smallest absolute Gasteiger partial charge is 0.274 e. The largest absolute Gasteiger partial charge is 0.383 e. The molecule has 1 aliphatic heterocycles. The second-order valence-electron chi connectivity index (χ2n) is 3.41. The molecule has 0 amide bonds. The summed E-state index contributed by atoms with van der Waals surface area (Å²) in [6, 6.07) is 5.00. The molecule has 1 aromatic carbocycles. The Morgan fingerprint density at radius 1 is 1.57 bits per heavy atom. The molecular weight excluding hydrogens is 182 g/mol. The second kappa shape index (κ2) is 3.26. The molecule has 0 fully saturated rings. The first-order valence-electron chi connectivity index (χ1n) is 4.44. The molecule has 1 unspecified atom stereocenters. The summed E-state index contributed by atoms with van der Waals surface area (Å²) in [5.74, 6) is 0. The number of nitrogens with two attached hydrogens (primary N) is 1. The lowest BCUT2D eigenvalue weighted by Crippen LogP contribution is -2.35. The first-order valence-corrected chi connectivity index (χ1v) is 4.44. The standard InChI is InChI=1S/C9H11N3O2/c10-6-4-7-8(11-5-6)2-1-3-9(7)12(13)14/h1-3,6,11H,4-5,10H2. The number of hydrogen-bond donors (Lipinski definition) is 2. The average molecular weight is 193 g/mol. The number of anilines is 1. The van der Waals surface area contributed by atoms with Gasteiger partial charge in [-0.2, -0.15) is 0 Å². The van der Waals surface area contributed by atoms with Gasteiger partial charge in [0.1, 0.15) is 0 Å². The predicted molar refractivity (Wildman–Crippen MR) is 53.3 cm³/mol. The molecule has 1 heterocycles. The van der Waals surface area contributed by atoms with Crippen LogP contribution in [0.25, 0.3) is 0 Å². The van der Waals surface area contributed by atoms with Crippen molar-refractivity contribution in [3.8, 4) is 0 Å². The zero-order valence-corrected chi connectivity index (χ0v) is 7.56. The van der Waals surface area contributed by atoms with Crippen molar-refractivity contribution < 1.29 is 4.92 Å². The molecule has 0 bridgehead atoms. The third-order valence-corrected chi connectivity index (χ3v) is 2.37. The van der Waals surface area contributed by atoms with Crippen LogP contribution in [0.4, 0.5) is 11.4 Å². The number of fused-ring (bicyclic) bond motifs is 1. The van der Waals surface area contributed by atoms with Gasteiger partial charge in [-0.15, -0.1) is 0 Å². The van der Waals surface area contributed by atoms with Crippen LogP contribution in [0.3, 0.4) is 0 Å². The number of rotatable bonds is 1. The molecule has 0 aliphatic carbocycles. The number of hydrogen-bond acceptors (Lipinski definition) is 4. The molecule has 5 heteroatoms. The Bertz CT molecular complexity index is 378. The van der Waals surface area contributed by atoms with Gasteiger partial charge in [-0.3, -0.25) is 10.1 Å². The fourth-order valence-electron chi connectivity index (χ4n) is 1.70. The minimum atomic E-state index is -0.363. The summed E-state index contributed by atoms with van der Waals surface area (Å²) < 4.78 is 0. The van der Waals surface area contributed by atoms with E-state index in [0.29, 0.717) is 13.0 Å². The van der Waals surface area contributed by atoms with Crippen LogP contribution in [0.2, 0.25) is 0 Å². The number of nitrogens with zero attached hydrogens (tertiary/aromatic N) is 1. The molecule has 1 aromatic rings. The summed E-state index contributed by atoms with van der Waals surface area (Å²) in [7, 11) is 0. The summed E-state index contributed by atoms with van der Waals surface area (Å²) in [6.07, 6.45) is 0.569. The van der Waals surface area contributed by atoms with E-state index in [0.717, 1.165) is 11.3 Å². The van der Waals surface area contributed by atoms with Gasteiger partial charge in [-0.1, -0.05) is 6.07 Å². The Morgan fingerprint density at radius 2 is 2.36 bits per heavy atom. The van der Waals surface area contributed by atoms with Crippen LogP contribution in [0.1, 0.15) is 5.56 Å². The topological polar surface area (TPSA) is 81.2 Å². The van der Waals surface area contributed by atoms with Gasteiger partial charge in [0.15, 0.2) is 0 Å². The maximum Gasteiger partial charge on any atom is 0.274 e. The normalized spacial score (nSPS) is 19.6. The minimum Gasteiger partial charge on any atom is -0.383 e. The molecule has 0 radical (unpaired) electrons. The predicted octanol–water partition coefficient (Wildman–Crippen LogP) is 0.890. The lowest BCUT2D eigenvalue weighted by atomic mass is 9.99. The molecule has 14 heavy (non-hydrogen) atoms. The van der Waals surface area contributed by atoms with Gasteiger partial charge >= 0.3 is 0 Å². The highest BCUT2D eigenvalue weighted by molar-refractivity contribution is 5.62. The molecule has 1 aliphatic rings. The van der Waals surface area contributed by atoms with Crippen molar-refractivity contribution in [3.05, 3.63) is 33.9 Å². The van der Waals surface area contributed by atoms with E-state index in [-0.39, 0.29) is 16.7 Å². The van der Waals surface area contributed by atoms with Gasteiger partial charge in [0.2, 0.25) is 0 Å². The highest BCUT2D eigenvalue weighted by Gasteiger charge is 2.23. The van der Waals surface area contributed by atoms with Gasteiger partial charge < -0.3 is 11.1 Å². The van der Waals surface area contributed by atoms with Crippen LogP contribution in [-0.4, -0.2) is 17.5 Å². The molecule has 0 saturated carbocycles. The van der Waals surface area contributed by atoms with E-state index in [4.69, 9.17) is 5.73 Å². The summed E-state index contributed by atoms with van der Waals surface area (Å²) >= 11 is 0. The quantitative estimate of drug-likeness (QED) is 0.512. The van der Waals surface area contributed by atoms with Gasteiger partial charge in [-0.25, -0.2) is 0 Å². The Kier molecular flexibility index (Phi) is 2.09. The maximum atomic E-state index is 10.7. The van der Waals surface area contributed by atoms with E-state index >= 15 is 0 Å². The van der Waals surface area contributed by atoms with Crippen LogP contribution in [0.5, 0.6) is 0 Å². The minimum absolute atomic E-state index is 0.0383. The molecule has 1 atom stereocenters. The number of nitro groups is 1. The van der Waals surface area contributed by atoms with E-state index in [9.17, 15) is 10.1 Å². The monoisotopic (exact) mass is 193 g/mol. The summed E-state index contributed by atoms with van der Waals surface area (Å²) in [4.78, 5) is 10.4. The SMILES string of the molecule is NC1CNc2cccc([N+](=O)[O-])c2C1. The van der Waals surface area contributed by atoms with Crippen molar-refractivity contribution in [2.75, 3.05) is 11.9 Å². The molecule has 2 rings (SSSR count). The first kappa shape index (κ1) is 8.96. The first-order chi connectivity index (χ1) is 6.68. The van der Waals surface area contributed by atoms with Crippen LogP contribution < -0.4 is 11.1 Å². The van der Waals surface area contributed by atoms with Crippen LogP contribution in [-0.2, 0) is 6.42 Å². The second-order valence-corrected chi connectivity index (χ2v) is 3.41. The summed E-state index contributed by atoms with van der Waals surface area (Å²) in [5.41, 5.74) is 7.44. The molecule has 0 spiro atoms. The highest BCUT2D eigenvalue weighted by Crippen LogP contribution is 2.29. The van der Waals surface area contributed by atoms with Crippen LogP contribution in [0, 0.1) is 10.1 Å². The van der Waals surface area contributed by atoms with Crippen LogP contribution >= 0.6 is 0 Å². The lowest BCUT2D eigenvalue weighted by molar-refractivity contribution is -0.385. The molecule has 0 saturated heterocycles. The third kappa shape index (κ3) is 1.42. The van der Waals surface area contributed by atoms with Crippen molar-refractivity contribution in [1.82, 2.24) is 0 Å². The Morgan fingerprint density at radius 3 is 3.07 bits per heavy atom. The van der Waals surface area contributed by atoms with Crippen molar-refractivity contribution in [2.45, 2.75) is 12.5 Å². The average Bonchev–Trinajstić information content (AvgIpc) is 2.16. The van der Waals surface area contributed by atoms with Gasteiger partial charge in [0.05, 0.1) is 10.5 Å². The Labute approximate surface area is 81.1 Å². The van der Waals surface area contributed by atoms with Crippen molar-refractivity contribution in [1.29, 1.82) is 0 Å². The number of nitrogens with one attached hydrogen (secondary N) is 1. The lowest BCUT2D eigenvalue weighted by Gasteiger charge is -2.22. The van der Waals surface area contributed by atoms with Crippen molar-refractivity contribution in [3.63, 3.8) is 0 Å². The van der Waals surface area contributed by atoms with Crippen LogP contribution in [0.15, 0.2) is 18.2 Å². The molecule has 5 nitrogen and oxygen atoms in total. The Balaban J connectivity index is 2.48. The fraction of sp³-hybridized carbons (Fsp3) is 0.333. The van der Waals surface area contributed by atoms with E-state index < -0.39 is 0 Å². The zero-order valence-electron chi connectivity index (χ0n) is 7.56. The summed E-state index contributed by atoms with van der Waals surface area (Å²) in [5, 5.41) is 13.8. The molecule has 74 valence electrons. The highest BCUT2D eigenvalue weighted by atomic mass is 16.6. The van der Waals surface area contributed by atoms with Crippen molar-refractivity contribution in [2.24, 2.45) is 5.73 Å². The molecule has 0 aromatic heterocycles. The van der Waals surface area contributed by atoms with Gasteiger partial charge in [-0.05, 0) is 12.5 Å². The zero-order chi connectivity index (χ0) is 10.1. The van der Waals surface area contributed by atoms with E-state index in [1.54, 1.807) is 6.07 Å². The van der Waals surface area contributed by atoms with E-state index in [1.807, 2.05) is 6.07 Å². The van der Waals surface area contributed by atoms with Gasteiger partial charge in [0.25, 0.3) is 5.69 Å². The molecule has 3 N–H and O–H groups in total. The van der Waals surface area contributed by atoms with Crippen molar-refractivity contribution >= 4 is 11.4 Å². The van der Waals surface area contributed by atoms with Gasteiger partial charge in [0, 0.05) is 24.3 Å². The molecular formula is C9H11N3O2. The number of nitro benzene ring substituents is 1. The Hall–Kier alpha value is -1.62. The van der Waals surface area contributed by atoms with E-state index in [1.165, 1.54) is 6.07 Å².